The minimum atomic E-state index is -0.633. The van der Waals surface area contributed by atoms with E-state index in [0.717, 1.165) is 18.4 Å². The van der Waals surface area contributed by atoms with Gasteiger partial charge in [0, 0.05) is 31.7 Å². The van der Waals surface area contributed by atoms with Crippen LogP contribution in [0.3, 0.4) is 0 Å². The van der Waals surface area contributed by atoms with Crippen LogP contribution in [-0.2, 0) is 9.59 Å². The van der Waals surface area contributed by atoms with Crippen LogP contribution in [-0.4, -0.2) is 67.3 Å². The fourth-order valence-corrected chi connectivity index (χ4v) is 3.13. The molecule has 2 N–H and O–H groups in total. The Morgan fingerprint density at radius 1 is 1.27 bits per heavy atom. The van der Waals surface area contributed by atoms with E-state index in [1.54, 1.807) is 22.9 Å². The lowest BCUT2D eigenvalue weighted by atomic mass is 10.0. The molecule has 3 amide bonds. The number of likely N-dealkylation sites (N-methyl/N-ethyl adjacent to an activating group) is 2. The van der Waals surface area contributed by atoms with Gasteiger partial charge in [-0.2, -0.15) is 0 Å². The third-order valence-corrected chi connectivity index (χ3v) is 4.72. The van der Waals surface area contributed by atoms with Gasteiger partial charge in [0.25, 0.3) is 5.91 Å². The Bertz CT molecular complexity index is 693. The van der Waals surface area contributed by atoms with E-state index in [9.17, 15) is 14.4 Å². The van der Waals surface area contributed by atoms with Crippen molar-refractivity contribution in [2.24, 2.45) is 0 Å². The van der Waals surface area contributed by atoms with Crippen LogP contribution in [0.25, 0.3) is 0 Å². The molecule has 8 heteroatoms. The maximum absolute atomic E-state index is 12.7. The lowest BCUT2D eigenvalue weighted by Crippen LogP contribution is -2.45. The molecule has 142 valence electrons. The molecule has 2 aliphatic rings. The van der Waals surface area contributed by atoms with Crippen molar-refractivity contribution in [1.82, 2.24) is 20.4 Å². The number of nitrogens with zero attached hydrogens (tertiary/aromatic N) is 2. The number of carbonyl (C=O) groups excluding carboxylic acids is 3. The number of fused-ring (bicyclic) bond motifs is 1. The van der Waals surface area contributed by atoms with Crippen molar-refractivity contribution < 1.29 is 14.4 Å². The predicted molar refractivity (Wildman–Crippen MR) is 100 cm³/mol. The van der Waals surface area contributed by atoms with Crippen molar-refractivity contribution in [2.45, 2.75) is 24.9 Å². The first-order chi connectivity index (χ1) is 12.0. The number of halogens is 1. The molecular formula is C18H25ClN4O3. The molecule has 1 heterocycles. The van der Waals surface area contributed by atoms with Gasteiger partial charge in [-0.3, -0.25) is 14.4 Å². The number of hydrogen-bond acceptors (Lipinski definition) is 4. The molecule has 1 aliphatic carbocycles. The van der Waals surface area contributed by atoms with Gasteiger partial charge in [-0.25, -0.2) is 0 Å². The van der Waals surface area contributed by atoms with Crippen molar-refractivity contribution in [2.75, 3.05) is 33.7 Å². The fraction of sp³-hybridized carbons (Fsp3) is 0.500. The zero-order valence-electron chi connectivity index (χ0n) is 15.0. The van der Waals surface area contributed by atoms with Crippen LogP contribution in [0.1, 0.15) is 34.8 Å². The minimum Gasteiger partial charge on any atom is -0.345 e. The second kappa shape index (κ2) is 8.51. The molecule has 0 bridgehead atoms. The summed E-state index contributed by atoms with van der Waals surface area (Å²) in [7, 11) is 3.53. The molecule has 1 aliphatic heterocycles. The third-order valence-electron chi connectivity index (χ3n) is 4.72. The minimum absolute atomic E-state index is 0. The van der Waals surface area contributed by atoms with Gasteiger partial charge in [0.15, 0.2) is 0 Å². The molecule has 1 saturated carbocycles. The van der Waals surface area contributed by atoms with Gasteiger partial charge >= 0.3 is 0 Å². The van der Waals surface area contributed by atoms with E-state index in [2.05, 4.69) is 10.6 Å². The van der Waals surface area contributed by atoms with Crippen molar-refractivity contribution in [3.8, 4) is 0 Å². The first-order valence-electron chi connectivity index (χ1n) is 8.62. The largest absolute Gasteiger partial charge is 0.345 e. The van der Waals surface area contributed by atoms with Crippen LogP contribution in [0.15, 0.2) is 24.3 Å². The SMILES string of the molecule is CNCCN(C)C(=O)CNC(=O)C1c2ccccc2C(=O)N1C1CC1.Cl. The molecule has 1 atom stereocenters. The Balaban J connectivity index is 0.00000243. The Morgan fingerprint density at radius 2 is 1.96 bits per heavy atom. The molecule has 1 aromatic rings. The van der Waals surface area contributed by atoms with Gasteiger partial charge in [0.1, 0.15) is 6.04 Å². The van der Waals surface area contributed by atoms with Crippen molar-refractivity contribution in [1.29, 1.82) is 0 Å². The summed E-state index contributed by atoms with van der Waals surface area (Å²) in [5.74, 6) is -0.532. The van der Waals surface area contributed by atoms with Gasteiger partial charge in [0.2, 0.25) is 11.8 Å². The average molecular weight is 381 g/mol. The third kappa shape index (κ3) is 3.99. The normalized spacial score (nSPS) is 18.2. The Morgan fingerprint density at radius 3 is 2.62 bits per heavy atom. The summed E-state index contributed by atoms with van der Waals surface area (Å²) in [5.41, 5.74) is 1.32. The van der Waals surface area contributed by atoms with Gasteiger partial charge in [0.05, 0.1) is 6.54 Å². The number of nitrogens with one attached hydrogen (secondary N) is 2. The van der Waals surface area contributed by atoms with Gasteiger partial charge in [-0.15, -0.1) is 12.4 Å². The van der Waals surface area contributed by atoms with E-state index in [4.69, 9.17) is 0 Å². The summed E-state index contributed by atoms with van der Waals surface area (Å²) < 4.78 is 0. The van der Waals surface area contributed by atoms with E-state index in [1.165, 1.54) is 0 Å². The lowest BCUT2D eigenvalue weighted by Gasteiger charge is -2.25. The first-order valence-corrected chi connectivity index (χ1v) is 8.62. The highest BCUT2D eigenvalue weighted by Crippen LogP contribution is 2.41. The number of hydrogen-bond donors (Lipinski definition) is 2. The van der Waals surface area contributed by atoms with Crippen molar-refractivity contribution in [3.63, 3.8) is 0 Å². The highest BCUT2D eigenvalue weighted by Gasteiger charge is 2.47. The number of amides is 3. The van der Waals surface area contributed by atoms with E-state index in [0.29, 0.717) is 18.7 Å². The highest BCUT2D eigenvalue weighted by molar-refractivity contribution is 6.05. The number of carbonyl (C=O) groups is 3. The summed E-state index contributed by atoms with van der Waals surface area (Å²) >= 11 is 0. The standard InChI is InChI=1S/C18H24N4O3.ClH/c1-19-9-10-21(2)15(23)11-20-17(24)16-13-5-3-4-6-14(13)18(25)22(16)12-7-8-12;/h3-6,12,16,19H,7-11H2,1-2H3,(H,20,24);1H. The lowest BCUT2D eigenvalue weighted by molar-refractivity contribution is -0.133. The second-order valence-electron chi connectivity index (χ2n) is 6.57. The Labute approximate surface area is 159 Å². The Kier molecular flexibility index (Phi) is 6.61. The summed E-state index contributed by atoms with van der Waals surface area (Å²) in [5, 5.41) is 5.69. The molecule has 0 spiro atoms. The maximum Gasteiger partial charge on any atom is 0.255 e. The number of benzene rings is 1. The average Bonchev–Trinajstić information content (AvgIpc) is 3.41. The summed E-state index contributed by atoms with van der Waals surface area (Å²) in [4.78, 5) is 40.7. The van der Waals surface area contributed by atoms with Crippen LogP contribution in [0.5, 0.6) is 0 Å². The summed E-state index contributed by atoms with van der Waals surface area (Å²) in [6.45, 7) is 1.20. The monoisotopic (exact) mass is 380 g/mol. The molecule has 7 nitrogen and oxygen atoms in total. The van der Waals surface area contributed by atoms with Crippen molar-refractivity contribution in [3.05, 3.63) is 35.4 Å². The summed E-state index contributed by atoms with van der Waals surface area (Å²) in [6, 6.07) is 6.72. The molecular weight excluding hydrogens is 356 g/mol. The second-order valence-corrected chi connectivity index (χ2v) is 6.57. The van der Waals surface area contributed by atoms with Gasteiger partial charge < -0.3 is 20.4 Å². The van der Waals surface area contributed by atoms with E-state index in [1.807, 2.05) is 25.2 Å². The smallest absolute Gasteiger partial charge is 0.255 e. The Hall–Kier alpha value is -2.12. The highest BCUT2D eigenvalue weighted by atomic mass is 35.5. The molecule has 0 saturated heterocycles. The van der Waals surface area contributed by atoms with E-state index in [-0.39, 0.29) is 42.7 Å². The zero-order chi connectivity index (χ0) is 18.0. The van der Waals surface area contributed by atoms with Crippen LogP contribution in [0.4, 0.5) is 0 Å². The predicted octanol–water partition coefficient (Wildman–Crippen LogP) is 0.562. The van der Waals surface area contributed by atoms with Crippen LogP contribution in [0, 0.1) is 0 Å². The molecule has 1 aromatic carbocycles. The molecule has 0 aromatic heterocycles. The zero-order valence-corrected chi connectivity index (χ0v) is 15.8. The van der Waals surface area contributed by atoms with Crippen LogP contribution >= 0.6 is 12.4 Å². The number of rotatable bonds is 7. The van der Waals surface area contributed by atoms with E-state index < -0.39 is 6.04 Å². The molecule has 1 unspecified atom stereocenters. The van der Waals surface area contributed by atoms with E-state index >= 15 is 0 Å². The van der Waals surface area contributed by atoms with Crippen molar-refractivity contribution >= 4 is 30.1 Å². The molecule has 26 heavy (non-hydrogen) atoms. The summed E-state index contributed by atoms with van der Waals surface area (Å²) in [6.07, 6.45) is 1.85. The molecule has 0 radical (unpaired) electrons. The fourth-order valence-electron chi connectivity index (χ4n) is 3.13. The maximum atomic E-state index is 12.7. The van der Waals surface area contributed by atoms with Gasteiger partial charge in [-0.1, -0.05) is 18.2 Å². The van der Waals surface area contributed by atoms with Crippen LogP contribution in [0.2, 0.25) is 0 Å². The first kappa shape index (κ1) is 20.2. The molecule has 1 fully saturated rings. The van der Waals surface area contributed by atoms with Crippen LogP contribution < -0.4 is 10.6 Å². The van der Waals surface area contributed by atoms with Gasteiger partial charge in [-0.05, 0) is 31.5 Å². The quantitative estimate of drug-likeness (QED) is 0.724. The molecule has 3 rings (SSSR count). The topological polar surface area (TPSA) is 81.8 Å².